The second kappa shape index (κ2) is 6.70. The Balaban J connectivity index is 1.42. The summed E-state index contributed by atoms with van der Waals surface area (Å²) in [6.45, 7) is 4.11. The summed E-state index contributed by atoms with van der Waals surface area (Å²) in [6, 6.07) is 7.93. The van der Waals surface area contributed by atoms with E-state index in [9.17, 15) is 4.79 Å². The van der Waals surface area contributed by atoms with E-state index in [1.807, 2.05) is 39.9 Å². The van der Waals surface area contributed by atoms with E-state index in [1.54, 1.807) is 6.33 Å². The van der Waals surface area contributed by atoms with E-state index in [4.69, 9.17) is 0 Å². The number of carbonyl (C=O) groups is 1. The summed E-state index contributed by atoms with van der Waals surface area (Å²) in [5.41, 5.74) is 4.34. The predicted molar refractivity (Wildman–Crippen MR) is 96.1 cm³/mol. The first-order chi connectivity index (χ1) is 12.2. The van der Waals surface area contributed by atoms with Gasteiger partial charge in [0.1, 0.15) is 6.54 Å². The zero-order valence-electron chi connectivity index (χ0n) is 14.5. The summed E-state index contributed by atoms with van der Waals surface area (Å²) >= 11 is 0. The molecule has 25 heavy (non-hydrogen) atoms. The Bertz CT molecular complexity index is 881. The minimum absolute atomic E-state index is 0.175. The topological polar surface area (TPSA) is 66.8 Å². The minimum Gasteiger partial charge on any atom is -0.341 e. The van der Waals surface area contributed by atoms with Crippen LogP contribution < -0.4 is 0 Å². The third-order valence-corrected chi connectivity index (χ3v) is 5.13. The zero-order valence-corrected chi connectivity index (χ0v) is 14.5. The second-order valence-electron chi connectivity index (χ2n) is 6.94. The van der Waals surface area contributed by atoms with E-state index >= 15 is 0 Å². The SMILES string of the molecule is Cc1cn[nH]c1C[C@@H]1CCCN(C(=O)Cn2cnc3ccccc32)C1. The molecule has 6 heteroatoms. The molecule has 0 aliphatic carbocycles. The van der Waals surface area contributed by atoms with Crippen molar-refractivity contribution in [2.45, 2.75) is 32.7 Å². The summed E-state index contributed by atoms with van der Waals surface area (Å²) in [4.78, 5) is 19.2. The quantitative estimate of drug-likeness (QED) is 0.795. The van der Waals surface area contributed by atoms with Crippen LogP contribution in [-0.4, -0.2) is 43.6 Å². The molecule has 6 nitrogen and oxygen atoms in total. The van der Waals surface area contributed by atoms with Crippen LogP contribution in [0, 0.1) is 12.8 Å². The average Bonchev–Trinajstić information content (AvgIpc) is 3.22. The number of hydrogen-bond donors (Lipinski definition) is 1. The van der Waals surface area contributed by atoms with Crippen LogP contribution in [0.25, 0.3) is 11.0 Å². The highest BCUT2D eigenvalue weighted by Gasteiger charge is 2.25. The molecule has 3 aromatic rings. The van der Waals surface area contributed by atoms with Gasteiger partial charge in [-0.05, 0) is 49.8 Å². The number of nitrogens with one attached hydrogen (secondary N) is 1. The molecule has 4 rings (SSSR count). The van der Waals surface area contributed by atoms with Gasteiger partial charge in [-0.15, -0.1) is 0 Å². The summed E-state index contributed by atoms with van der Waals surface area (Å²) < 4.78 is 1.94. The van der Waals surface area contributed by atoms with Crippen LogP contribution >= 0.6 is 0 Å². The van der Waals surface area contributed by atoms with Crippen LogP contribution in [0.15, 0.2) is 36.8 Å². The number of para-hydroxylation sites is 2. The minimum atomic E-state index is 0.175. The lowest BCUT2D eigenvalue weighted by Crippen LogP contribution is -2.42. The maximum Gasteiger partial charge on any atom is 0.242 e. The van der Waals surface area contributed by atoms with Crippen molar-refractivity contribution in [1.29, 1.82) is 0 Å². The number of aryl methyl sites for hydroxylation is 1. The largest absolute Gasteiger partial charge is 0.341 e. The molecule has 1 aromatic carbocycles. The summed E-state index contributed by atoms with van der Waals surface area (Å²) in [5, 5.41) is 7.19. The van der Waals surface area contributed by atoms with Crippen molar-refractivity contribution in [2.24, 2.45) is 5.92 Å². The molecule has 0 radical (unpaired) electrons. The first-order valence-electron chi connectivity index (χ1n) is 8.87. The van der Waals surface area contributed by atoms with Gasteiger partial charge < -0.3 is 9.47 Å². The number of fused-ring (bicyclic) bond motifs is 1. The second-order valence-corrected chi connectivity index (χ2v) is 6.94. The fourth-order valence-corrected chi connectivity index (χ4v) is 3.71. The number of hydrogen-bond acceptors (Lipinski definition) is 3. The van der Waals surface area contributed by atoms with Crippen molar-refractivity contribution in [2.75, 3.05) is 13.1 Å². The fourth-order valence-electron chi connectivity index (χ4n) is 3.71. The van der Waals surface area contributed by atoms with Crippen LogP contribution in [0.4, 0.5) is 0 Å². The first kappa shape index (κ1) is 15.9. The molecule has 1 aliphatic rings. The van der Waals surface area contributed by atoms with E-state index in [0.717, 1.165) is 43.4 Å². The lowest BCUT2D eigenvalue weighted by atomic mass is 9.92. The highest BCUT2D eigenvalue weighted by Crippen LogP contribution is 2.22. The van der Waals surface area contributed by atoms with Gasteiger partial charge >= 0.3 is 0 Å². The Labute approximate surface area is 146 Å². The molecule has 1 saturated heterocycles. The molecule has 1 aliphatic heterocycles. The number of benzene rings is 1. The number of carbonyl (C=O) groups excluding carboxylic acids is 1. The number of H-pyrrole nitrogens is 1. The standard InChI is InChI=1S/C19H23N5O/c1-14-10-21-22-17(14)9-15-5-4-8-23(11-15)19(25)12-24-13-20-16-6-2-3-7-18(16)24/h2-3,6-7,10,13,15H,4-5,8-9,11-12H2,1H3,(H,21,22)/t15-/m0/s1. The Hall–Kier alpha value is -2.63. The van der Waals surface area contributed by atoms with Gasteiger partial charge in [-0.1, -0.05) is 12.1 Å². The van der Waals surface area contributed by atoms with Crippen LogP contribution in [-0.2, 0) is 17.8 Å². The van der Waals surface area contributed by atoms with Crippen molar-refractivity contribution in [1.82, 2.24) is 24.6 Å². The number of piperidine rings is 1. The third kappa shape index (κ3) is 3.29. The van der Waals surface area contributed by atoms with Crippen molar-refractivity contribution in [3.63, 3.8) is 0 Å². The number of imidazole rings is 1. The number of likely N-dealkylation sites (tertiary alicyclic amines) is 1. The summed E-state index contributed by atoms with van der Waals surface area (Å²) in [5.74, 6) is 0.672. The number of nitrogens with zero attached hydrogens (tertiary/aromatic N) is 4. The molecule has 0 spiro atoms. The smallest absolute Gasteiger partial charge is 0.242 e. The van der Waals surface area contributed by atoms with E-state index in [-0.39, 0.29) is 5.91 Å². The zero-order chi connectivity index (χ0) is 17.2. The molecule has 0 unspecified atom stereocenters. The van der Waals surface area contributed by atoms with Gasteiger partial charge in [0.15, 0.2) is 0 Å². The third-order valence-electron chi connectivity index (χ3n) is 5.13. The molecule has 1 amide bonds. The Morgan fingerprint density at radius 1 is 1.36 bits per heavy atom. The molecule has 1 atom stereocenters. The van der Waals surface area contributed by atoms with Crippen molar-refractivity contribution in [3.8, 4) is 0 Å². The van der Waals surface area contributed by atoms with Crippen molar-refractivity contribution >= 4 is 16.9 Å². The highest BCUT2D eigenvalue weighted by atomic mass is 16.2. The monoisotopic (exact) mass is 337 g/mol. The first-order valence-corrected chi connectivity index (χ1v) is 8.87. The highest BCUT2D eigenvalue weighted by molar-refractivity contribution is 5.80. The van der Waals surface area contributed by atoms with Crippen LogP contribution in [0.1, 0.15) is 24.1 Å². The molecule has 1 fully saturated rings. The lowest BCUT2D eigenvalue weighted by molar-refractivity contribution is -0.133. The van der Waals surface area contributed by atoms with Crippen LogP contribution in [0.3, 0.4) is 0 Å². The van der Waals surface area contributed by atoms with Gasteiger partial charge in [-0.3, -0.25) is 9.89 Å². The Kier molecular flexibility index (Phi) is 4.26. The normalized spacial score (nSPS) is 18.0. The number of amides is 1. The van der Waals surface area contributed by atoms with Crippen molar-refractivity contribution in [3.05, 3.63) is 48.0 Å². The molecular formula is C19H23N5O. The Morgan fingerprint density at radius 2 is 2.24 bits per heavy atom. The van der Waals surface area contributed by atoms with Gasteiger partial charge in [0, 0.05) is 18.8 Å². The summed E-state index contributed by atoms with van der Waals surface area (Å²) in [6.07, 6.45) is 6.82. The van der Waals surface area contributed by atoms with Gasteiger partial charge in [-0.2, -0.15) is 5.10 Å². The average molecular weight is 337 g/mol. The molecule has 1 N–H and O–H groups in total. The number of aromatic amines is 1. The number of rotatable bonds is 4. The lowest BCUT2D eigenvalue weighted by Gasteiger charge is -2.33. The van der Waals surface area contributed by atoms with Crippen molar-refractivity contribution < 1.29 is 4.79 Å². The fraction of sp³-hybridized carbons (Fsp3) is 0.421. The summed E-state index contributed by atoms with van der Waals surface area (Å²) in [7, 11) is 0. The Morgan fingerprint density at radius 3 is 3.08 bits per heavy atom. The van der Waals surface area contributed by atoms with Gasteiger partial charge in [0.05, 0.1) is 23.6 Å². The van der Waals surface area contributed by atoms with E-state index < -0.39 is 0 Å². The number of aromatic nitrogens is 4. The maximum atomic E-state index is 12.8. The molecule has 2 aromatic heterocycles. The molecule has 3 heterocycles. The van der Waals surface area contributed by atoms with Gasteiger partial charge in [-0.25, -0.2) is 4.98 Å². The van der Waals surface area contributed by atoms with Gasteiger partial charge in [0.25, 0.3) is 0 Å². The predicted octanol–water partition coefficient (Wildman–Crippen LogP) is 2.55. The molecular weight excluding hydrogens is 314 g/mol. The molecule has 0 saturated carbocycles. The van der Waals surface area contributed by atoms with E-state index in [2.05, 4.69) is 22.1 Å². The van der Waals surface area contributed by atoms with E-state index in [0.29, 0.717) is 12.5 Å². The molecule has 130 valence electrons. The van der Waals surface area contributed by atoms with Crippen LogP contribution in [0.5, 0.6) is 0 Å². The van der Waals surface area contributed by atoms with Gasteiger partial charge in [0.2, 0.25) is 5.91 Å². The maximum absolute atomic E-state index is 12.8. The van der Waals surface area contributed by atoms with Crippen LogP contribution in [0.2, 0.25) is 0 Å². The van der Waals surface area contributed by atoms with E-state index in [1.165, 1.54) is 11.3 Å². The molecule has 0 bridgehead atoms.